The molecular weight excluding hydrogens is 286 g/mol. The van der Waals surface area contributed by atoms with Crippen molar-refractivity contribution >= 4 is 22.6 Å². The van der Waals surface area contributed by atoms with E-state index in [0.717, 1.165) is 11.0 Å². The van der Waals surface area contributed by atoms with Gasteiger partial charge in [-0.1, -0.05) is 23.7 Å². The molecule has 2 heterocycles. The van der Waals surface area contributed by atoms with Gasteiger partial charge in [-0.15, -0.1) is 0 Å². The number of imidazole rings is 1. The molecule has 0 radical (unpaired) electrons. The van der Waals surface area contributed by atoms with Crippen molar-refractivity contribution in [3.05, 3.63) is 52.9 Å². The Bertz CT molecular complexity index is 914. The molecule has 0 atom stereocenters. The molecule has 21 heavy (non-hydrogen) atoms. The highest BCUT2D eigenvalue weighted by molar-refractivity contribution is 6.33. The fourth-order valence-corrected chi connectivity index (χ4v) is 2.42. The number of benzene rings is 1. The number of nitrogens with zero attached hydrogens (tertiary/aromatic N) is 5. The number of hydrogen-bond acceptors (Lipinski definition) is 4. The van der Waals surface area contributed by atoms with E-state index in [4.69, 9.17) is 22.1 Å². The maximum Gasteiger partial charge on any atom is 0.158 e. The number of fused-ring (bicyclic) bond motifs is 1. The van der Waals surface area contributed by atoms with Gasteiger partial charge in [0.05, 0.1) is 29.1 Å². The summed E-state index contributed by atoms with van der Waals surface area (Å²) in [5.41, 5.74) is 1.89. The predicted molar refractivity (Wildman–Crippen MR) is 77.9 cm³/mol. The first-order chi connectivity index (χ1) is 10.3. The minimum atomic E-state index is 0.128. The number of hydrogen-bond donors (Lipinski definition) is 0. The molecule has 0 amide bonds. The molecule has 1 aromatic carbocycles. The summed E-state index contributed by atoms with van der Waals surface area (Å²) in [6.45, 7) is 0. The second kappa shape index (κ2) is 5.24. The van der Waals surface area contributed by atoms with Gasteiger partial charge in [0.2, 0.25) is 0 Å². The third kappa shape index (κ3) is 2.10. The number of nitriles is 2. The lowest BCUT2D eigenvalue weighted by Gasteiger charge is -2.09. The van der Waals surface area contributed by atoms with Crippen LogP contribution < -0.4 is 0 Å². The zero-order chi connectivity index (χ0) is 14.8. The minimum Gasteiger partial charge on any atom is -0.278 e. The van der Waals surface area contributed by atoms with Crippen LogP contribution in [0.25, 0.3) is 16.9 Å². The molecular formula is C15H8ClN5. The van der Waals surface area contributed by atoms with Gasteiger partial charge in [-0.2, -0.15) is 10.5 Å². The van der Waals surface area contributed by atoms with Gasteiger partial charge >= 0.3 is 0 Å². The molecule has 0 N–H and O–H groups in total. The van der Waals surface area contributed by atoms with E-state index in [9.17, 15) is 0 Å². The lowest BCUT2D eigenvalue weighted by molar-refractivity contribution is 0.921. The average molecular weight is 294 g/mol. The van der Waals surface area contributed by atoms with Crippen LogP contribution in [-0.2, 0) is 6.42 Å². The van der Waals surface area contributed by atoms with Gasteiger partial charge in [0, 0.05) is 6.20 Å². The second-order valence-corrected chi connectivity index (χ2v) is 4.67. The quantitative estimate of drug-likeness (QED) is 0.727. The van der Waals surface area contributed by atoms with E-state index in [0.29, 0.717) is 17.2 Å². The first-order valence-electron chi connectivity index (χ1n) is 6.14. The van der Waals surface area contributed by atoms with Crippen LogP contribution in [-0.4, -0.2) is 14.5 Å². The van der Waals surface area contributed by atoms with Crippen molar-refractivity contribution in [3.63, 3.8) is 0 Å². The van der Waals surface area contributed by atoms with Crippen LogP contribution in [0, 0.1) is 22.7 Å². The molecule has 0 aliphatic heterocycles. The number of aromatic nitrogens is 3. The third-order valence-electron chi connectivity index (χ3n) is 3.07. The van der Waals surface area contributed by atoms with Gasteiger partial charge in [-0.25, -0.2) is 9.97 Å². The number of rotatable bonds is 2. The van der Waals surface area contributed by atoms with Gasteiger partial charge in [0.15, 0.2) is 5.82 Å². The van der Waals surface area contributed by atoms with Gasteiger partial charge in [-0.05, 0) is 18.2 Å². The standard InChI is InChI=1S/C15H8ClN5/c16-14-10(9-18)6-8-19-15(14)21-12-4-2-1-3-11(12)20-13(21)5-7-17/h1-4,6,8H,5H2. The summed E-state index contributed by atoms with van der Waals surface area (Å²) in [7, 11) is 0. The Kier molecular flexibility index (Phi) is 3.27. The Labute approximate surface area is 125 Å². The Morgan fingerprint density at radius 2 is 2.00 bits per heavy atom. The Morgan fingerprint density at radius 1 is 1.19 bits per heavy atom. The molecule has 6 heteroatoms. The first-order valence-corrected chi connectivity index (χ1v) is 6.52. The number of para-hydroxylation sites is 2. The monoisotopic (exact) mass is 293 g/mol. The molecule has 0 aliphatic rings. The molecule has 0 saturated heterocycles. The molecule has 3 rings (SSSR count). The topological polar surface area (TPSA) is 78.3 Å². The van der Waals surface area contributed by atoms with Crippen molar-refractivity contribution in [2.45, 2.75) is 6.42 Å². The third-order valence-corrected chi connectivity index (χ3v) is 3.44. The largest absolute Gasteiger partial charge is 0.278 e. The highest BCUT2D eigenvalue weighted by Crippen LogP contribution is 2.27. The second-order valence-electron chi connectivity index (χ2n) is 4.29. The summed E-state index contributed by atoms with van der Waals surface area (Å²) < 4.78 is 1.72. The molecule has 0 bridgehead atoms. The predicted octanol–water partition coefficient (Wildman–Crippen LogP) is 3.01. The van der Waals surface area contributed by atoms with Crippen LogP contribution in [0.15, 0.2) is 36.5 Å². The van der Waals surface area contributed by atoms with E-state index in [1.54, 1.807) is 10.6 Å². The maximum absolute atomic E-state index is 9.09. The summed E-state index contributed by atoms with van der Waals surface area (Å²) in [5, 5.41) is 18.3. The van der Waals surface area contributed by atoms with Crippen LogP contribution in [0.3, 0.4) is 0 Å². The van der Waals surface area contributed by atoms with Crippen LogP contribution in [0.1, 0.15) is 11.4 Å². The summed E-state index contributed by atoms with van der Waals surface area (Å²) in [4.78, 5) is 8.69. The maximum atomic E-state index is 9.09. The van der Waals surface area contributed by atoms with Gasteiger partial charge < -0.3 is 0 Å². The van der Waals surface area contributed by atoms with Crippen LogP contribution in [0.4, 0.5) is 0 Å². The van der Waals surface area contributed by atoms with Crippen molar-refractivity contribution in [2.24, 2.45) is 0 Å². The highest BCUT2D eigenvalue weighted by Gasteiger charge is 2.17. The van der Waals surface area contributed by atoms with E-state index >= 15 is 0 Å². The molecule has 0 saturated carbocycles. The summed E-state index contributed by atoms with van der Waals surface area (Å²) >= 11 is 6.26. The van der Waals surface area contributed by atoms with Crippen molar-refractivity contribution in [1.29, 1.82) is 10.5 Å². The van der Waals surface area contributed by atoms with Gasteiger partial charge in [0.1, 0.15) is 16.9 Å². The van der Waals surface area contributed by atoms with E-state index in [2.05, 4.69) is 16.0 Å². The van der Waals surface area contributed by atoms with Crippen molar-refractivity contribution < 1.29 is 0 Å². The number of pyridine rings is 1. The van der Waals surface area contributed by atoms with Gasteiger partial charge in [0.25, 0.3) is 0 Å². The van der Waals surface area contributed by atoms with Crippen LogP contribution in [0.5, 0.6) is 0 Å². The molecule has 0 aliphatic carbocycles. The molecule has 0 fully saturated rings. The average Bonchev–Trinajstić information content (AvgIpc) is 2.86. The lowest BCUT2D eigenvalue weighted by Crippen LogP contribution is -2.04. The Hall–Kier alpha value is -2.89. The zero-order valence-corrected chi connectivity index (χ0v) is 11.5. The minimum absolute atomic E-state index is 0.128. The van der Waals surface area contributed by atoms with Crippen molar-refractivity contribution in [1.82, 2.24) is 14.5 Å². The number of halogens is 1. The van der Waals surface area contributed by atoms with E-state index in [1.165, 1.54) is 6.20 Å². The fourth-order valence-electron chi connectivity index (χ4n) is 2.18. The van der Waals surface area contributed by atoms with Crippen molar-refractivity contribution in [2.75, 3.05) is 0 Å². The molecule has 3 aromatic rings. The normalized spacial score (nSPS) is 10.2. The summed E-state index contributed by atoms with van der Waals surface area (Å²) in [6.07, 6.45) is 1.65. The molecule has 100 valence electrons. The first kappa shape index (κ1) is 13.1. The smallest absolute Gasteiger partial charge is 0.158 e. The van der Waals surface area contributed by atoms with E-state index in [-0.39, 0.29) is 11.4 Å². The SMILES string of the molecule is N#CCc1nc2ccccc2n1-c1nccc(C#N)c1Cl. The molecule has 0 unspecified atom stereocenters. The summed E-state index contributed by atoms with van der Waals surface area (Å²) in [5.74, 6) is 0.956. The fraction of sp³-hybridized carbons (Fsp3) is 0.0667. The lowest BCUT2D eigenvalue weighted by atomic mass is 10.2. The van der Waals surface area contributed by atoms with Crippen LogP contribution in [0.2, 0.25) is 5.02 Å². The molecule has 2 aromatic heterocycles. The Balaban J connectivity index is 2.37. The summed E-state index contributed by atoms with van der Waals surface area (Å²) in [6, 6.07) is 13.1. The Morgan fingerprint density at radius 3 is 2.76 bits per heavy atom. The molecule has 5 nitrogen and oxygen atoms in total. The highest BCUT2D eigenvalue weighted by atomic mass is 35.5. The van der Waals surface area contributed by atoms with Gasteiger partial charge in [-0.3, -0.25) is 4.57 Å². The molecule has 0 spiro atoms. The van der Waals surface area contributed by atoms with E-state index in [1.807, 2.05) is 30.3 Å². The van der Waals surface area contributed by atoms with Crippen LogP contribution >= 0.6 is 11.6 Å². The van der Waals surface area contributed by atoms with Crippen molar-refractivity contribution in [3.8, 4) is 18.0 Å². The van der Waals surface area contributed by atoms with E-state index < -0.39 is 0 Å². The zero-order valence-electron chi connectivity index (χ0n) is 10.8.